The molecule has 0 bridgehead atoms. The SMILES string of the molecule is CCOCCC1(CNCc2cccs2)CC1. The Morgan fingerprint density at radius 3 is 3.00 bits per heavy atom. The van der Waals surface area contributed by atoms with Crippen molar-refractivity contribution in [3.8, 4) is 0 Å². The van der Waals surface area contributed by atoms with Crippen molar-refractivity contribution in [1.82, 2.24) is 5.32 Å². The summed E-state index contributed by atoms with van der Waals surface area (Å²) >= 11 is 1.83. The van der Waals surface area contributed by atoms with Crippen molar-refractivity contribution in [2.45, 2.75) is 32.7 Å². The predicted octanol–water partition coefficient (Wildman–Crippen LogP) is 3.04. The van der Waals surface area contributed by atoms with Crippen molar-refractivity contribution >= 4 is 11.3 Å². The van der Waals surface area contributed by atoms with E-state index in [0.29, 0.717) is 5.41 Å². The maximum Gasteiger partial charge on any atom is 0.0471 e. The summed E-state index contributed by atoms with van der Waals surface area (Å²) in [5.41, 5.74) is 0.562. The van der Waals surface area contributed by atoms with Gasteiger partial charge in [-0.3, -0.25) is 0 Å². The van der Waals surface area contributed by atoms with E-state index < -0.39 is 0 Å². The van der Waals surface area contributed by atoms with Gasteiger partial charge in [-0.2, -0.15) is 0 Å². The van der Waals surface area contributed by atoms with Gasteiger partial charge in [-0.15, -0.1) is 11.3 Å². The first-order valence-electron chi connectivity index (χ1n) is 6.15. The van der Waals surface area contributed by atoms with E-state index in [2.05, 4.69) is 29.8 Å². The molecule has 2 nitrogen and oxygen atoms in total. The Balaban J connectivity index is 1.62. The third-order valence-corrected chi connectivity index (χ3v) is 4.19. The number of ether oxygens (including phenoxy) is 1. The van der Waals surface area contributed by atoms with Crippen molar-refractivity contribution in [3.05, 3.63) is 22.4 Å². The maximum absolute atomic E-state index is 5.44. The minimum absolute atomic E-state index is 0.562. The first-order chi connectivity index (χ1) is 7.85. The van der Waals surface area contributed by atoms with E-state index in [1.165, 1.54) is 24.1 Å². The number of rotatable bonds is 8. The zero-order chi connectivity index (χ0) is 11.3. The van der Waals surface area contributed by atoms with Gasteiger partial charge in [-0.05, 0) is 43.0 Å². The molecule has 1 N–H and O–H groups in total. The van der Waals surface area contributed by atoms with Gasteiger partial charge in [-0.1, -0.05) is 6.07 Å². The van der Waals surface area contributed by atoms with Crippen molar-refractivity contribution in [1.29, 1.82) is 0 Å². The van der Waals surface area contributed by atoms with Crippen molar-refractivity contribution in [3.63, 3.8) is 0 Å². The molecule has 0 aliphatic heterocycles. The minimum Gasteiger partial charge on any atom is -0.382 e. The Hall–Kier alpha value is -0.380. The van der Waals surface area contributed by atoms with Gasteiger partial charge in [-0.25, -0.2) is 0 Å². The van der Waals surface area contributed by atoms with Gasteiger partial charge >= 0.3 is 0 Å². The molecule has 1 fully saturated rings. The first-order valence-corrected chi connectivity index (χ1v) is 7.03. The molecule has 3 heteroatoms. The Labute approximate surface area is 102 Å². The summed E-state index contributed by atoms with van der Waals surface area (Å²) in [6.45, 7) is 6.01. The first kappa shape index (κ1) is 12.1. The number of hydrogen-bond donors (Lipinski definition) is 1. The van der Waals surface area contributed by atoms with E-state index in [-0.39, 0.29) is 0 Å². The highest BCUT2D eigenvalue weighted by atomic mass is 32.1. The summed E-state index contributed by atoms with van der Waals surface area (Å²) in [6, 6.07) is 4.31. The summed E-state index contributed by atoms with van der Waals surface area (Å²) in [7, 11) is 0. The fourth-order valence-electron chi connectivity index (χ4n) is 1.99. The Bertz CT molecular complexity index is 293. The number of thiophene rings is 1. The Morgan fingerprint density at radius 1 is 1.50 bits per heavy atom. The Morgan fingerprint density at radius 2 is 2.38 bits per heavy atom. The molecule has 0 radical (unpaired) electrons. The molecule has 90 valence electrons. The normalized spacial score (nSPS) is 17.6. The molecule has 0 unspecified atom stereocenters. The second-order valence-corrected chi connectivity index (χ2v) is 5.66. The molecular weight excluding hydrogens is 218 g/mol. The minimum atomic E-state index is 0.562. The molecule has 0 saturated heterocycles. The van der Waals surface area contributed by atoms with Gasteiger partial charge in [0.05, 0.1) is 0 Å². The van der Waals surface area contributed by atoms with Crippen LogP contribution in [-0.2, 0) is 11.3 Å². The lowest BCUT2D eigenvalue weighted by Gasteiger charge is -2.15. The molecule has 1 saturated carbocycles. The van der Waals surface area contributed by atoms with Gasteiger partial charge in [0, 0.05) is 31.2 Å². The van der Waals surface area contributed by atoms with Crippen molar-refractivity contribution in [2.75, 3.05) is 19.8 Å². The fourth-order valence-corrected chi connectivity index (χ4v) is 2.66. The molecule has 0 spiro atoms. The summed E-state index contributed by atoms with van der Waals surface area (Å²) in [5.74, 6) is 0. The standard InChI is InChI=1S/C13H21NOS/c1-2-15-8-7-13(5-6-13)11-14-10-12-4-3-9-16-12/h3-4,9,14H,2,5-8,10-11H2,1H3. The van der Waals surface area contributed by atoms with Crippen LogP contribution in [0.1, 0.15) is 31.1 Å². The van der Waals surface area contributed by atoms with Crippen LogP contribution >= 0.6 is 11.3 Å². The third kappa shape index (κ3) is 3.58. The molecule has 1 aliphatic carbocycles. The molecule has 1 aromatic rings. The monoisotopic (exact) mass is 239 g/mol. The molecule has 16 heavy (non-hydrogen) atoms. The molecule has 0 amide bonds. The molecule has 2 rings (SSSR count). The van der Waals surface area contributed by atoms with Crippen LogP contribution in [-0.4, -0.2) is 19.8 Å². The second kappa shape index (κ2) is 5.80. The second-order valence-electron chi connectivity index (χ2n) is 4.63. The highest BCUT2D eigenvalue weighted by Crippen LogP contribution is 2.48. The lowest BCUT2D eigenvalue weighted by atomic mass is 10.0. The highest BCUT2D eigenvalue weighted by molar-refractivity contribution is 7.09. The van der Waals surface area contributed by atoms with E-state index in [4.69, 9.17) is 4.74 Å². The van der Waals surface area contributed by atoms with E-state index in [1.54, 1.807) is 0 Å². The zero-order valence-electron chi connectivity index (χ0n) is 10.00. The van der Waals surface area contributed by atoms with Crippen LogP contribution in [0.25, 0.3) is 0 Å². The molecule has 0 aromatic carbocycles. The smallest absolute Gasteiger partial charge is 0.0471 e. The molecule has 1 aromatic heterocycles. The number of hydrogen-bond acceptors (Lipinski definition) is 3. The van der Waals surface area contributed by atoms with Crippen LogP contribution in [0, 0.1) is 5.41 Å². The molecule has 0 atom stereocenters. The van der Waals surface area contributed by atoms with Crippen LogP contribution in [0.15, 0.2) is 17.5 Å². The topological polar surface area (TPSA) is 21.3 Å². The summed E-state index contributed by atoms with van der Waals surface area (Å²) in [4.78, 5) is 1.43. The van der Waals surface area contributed by atoms with Crippen molar-refractivity contribution < 1.29 is 4.74 Å². The third-order valence-electron chi connectivity index (χ3n) is 3.32. The van der Waals surface area contributed by atoms with E-state index in [0.717, 1.165) is 26.3 Å². The summed E-state index contributed by atoms with van der Waals surface area (Å²) < 4.78 is 5.44. The highest BCUT2D eigenvalue weighted by Gasteiger charge is 2.41. The van der Waals surface area contributed by atoms with Gasteiger partial charge < -0.3 is 10.1 Å². The van der Waals surface area contributed by atoms with Gasteiger partial charge in [0.15, 0.2) is 0 Å². The predicted molar refractivity (Wildman–Crippen MR) is 68.8 cm³/mol. The van der Waals surface area contributed by atoms with E-state index in [9.17, 15) is 0 Å². The zero-order valence-corrected chi connectivity index (χ0v) is 10.8. The van der Waals surface area contributed by atoms with E-state index >= 15 is 0 Å². The van der Waals surface area contributed by atoms with Crippen LogP contribution < -0.4 is 5.32 Å². The largest absolute Gasteiger partial charge is 0.382 e. The number of nitrogens with one attached hydrogen (secondary N) is 1. The van der Waals surface area contributed by atoms with Gasteiger partial charge in [0.2, 0.25) is 0 Å². The lowest BCUT2D eigenvalue weighted by Crippen LogP contribution is -2.24. The average molecular weight is 239 g/mol. The molecule has 1 aliphatic rings. The average Bonchev–Trinajstić information content (AvgIpc) is 2.86. The molecule has 1 heterocycles. The molecular formula is C13H21NOS. The van der Waals surface area contributed by atoms with Crippen molar-refractivity contribution in [2.24, 2.45) is 5.41 Å². The van der Waals surface area contributed by atoms with Crippen LogP contribution in [0.3, 0.4) is 0 Å². The van der Waals surface area contributed by atoms with Crippen LogP contribution in [0.2, 0.25) is 0 Å². The fraction of sp³-hybridized carbons (Fsp3) is 0.692. The van der Waals surface area contributed by atoms with Gasteiger partial charge in [0.25, 0.3) is 0 Å². The summed E-state index contributed by atoms with van der Waals surface area (Å²) in [5, 5.41) is 5.71. The maximum atomic E-state index is 5.44. The van der Waals surface area contributed by atoms with Gasteiger partial charge in [0.1, 0.15) is 0 Å². The quantitative estimate of drug-likeness (QED) is 0.704. The Kier molecular flexibility index (Phi) is 4.38. The van der Waals surface area contributed by atoms with Crippen LogP contribution in [0.4, 0.5) is 0 Å². The van der Waals surface area contributed by atoms with E-state index in [1.807, 2.05) is 11.3 Å². The summed E-state index contributed by atoms with van der Waals surface area (Å²) in [6.07, 6.45) is 3.97. The lowest BCUT2D eigenvalue weighted by molar-refractivity contribution is 0.128. The van der Waals surface area contributed by atoms with Crippen LogP contribution in [0.5, 0.6) is 0 Å².